The van der Waals surface area contributed by atoms with Crippen molar-refractivity contribution in [2.75, 3.05) is 5.33 Å². The van der Waals surface area contributed by atoms with E-state index in [1.165, 1.54) is 24.8 Å². The molecule has 0 aromatic heterocycles. The summed E-state index contributed by atoms with van der Waals surface area (Å²) in [7, 11) is 0. The average Bonchev–Trinajstić information content (AvgIpc) is 2.25. The number of unbranched alkanes of at least 4 members (excludes halogenated alkanes) is 1. The van der Waals surface area contributed by atoms with Crippen molar-refractivity contribution in [1.29, 1.82) is 0 Å². The lowest BCUT2D eigenvalue weighted by Gasteiger charge is -1.98. The van der Waals surface area contributed by atoms with Crippen molar-refractivity contribution in [2.45, 2.75) is 26.2 Å². The lowest BCUT2D eigenvalue weighted by atomic mass is 10.1. The van der Waals surface area contributed by atoms with E-state index >= 15 is 0 Å². The first-order valence-corrected chi connectivity index (χ1v) is 6.12. The van der Waals surface area contributed by atoms with Crippen LogP contribution in [0, 0.1) is 11.8 Å². The van der Waals surface area contributed by atoms with Crippen LogP contribution in [0.2, 0.25) is 0 Å². The van der Waals surface area contributed by atoms with Crippen molar-refractivity contribution in [2.24, 2.45) is 0 Å². The van der Waals surface area contributed by atoms with E-state index in [0.29, 0.717) is 0 Å². The molecular formula is C13H15Br. The van der Waals surface area contributed by atoms with E-state index in [2.05, 4.69) is 59.0 Å². The number of rotatable bonds is 3. The third-order valence-corrected chi connectivity index (χ3v) is 2.35. The highest BCUT2D eigenvalue weighted by Gasteiger charge is 1.91. The molecule has 0 saturated carbocycles. The molecule has 1 rings (SSSR count). The maximum Gasteiger partial charge on any atom is 0.0649 e. The lowest BCUT2D eigenvalue weighted by Crippen LogP contribution is -1.84. The van der Waals surface area contributed by atoms with E-state index in [9.17, 15) is 0 Å². The van der Waals surface area contributed by atoms with Crippen molar-refractivity contribution in [3.8, 4) is 11.8 Å². The van der Waals surface area contributed by atoms with E-state index in [0.717, 1.165) is 10.9 Å². The molecule has 0 amide bonds. The Bertz CT molecular complexity index is 313. The van der Waals surface area contributed by atoms with Gasteiger partial charge in [-0.2, -0.15) is 0 Å². The number of alkyl halides is 1. The maximum atomic E-state index is 3.28. The van der Waals surface area contributed by atoms with E-state index < -0.39 is 0 Å². The van der Waals surface area contributed by atoms with Crippen LogP contribution in [0.15, 0.2) is 24.3 Å². The Morgan fingerprint density at radius 1 is 1.21 bits per heavy atom. The largest absolute Gasteiger partial charge is 0.0863 e. The van der Waals surface area contributed by atoms with Crippen LogP contribution in [0.5, 0.6) is 0 Å². The highest BCUT2D eigenvalue weighted by Crippen LogP contribution is 2.06. The minimum Gasteiger partial charge on any atom is -0.0863 e. The van der Waals surface area contributed by atoms with Crippen molar-refractivity contribution in [3.63, 3.8) is 0 Å². The smallest absolute Gasteiger partial charge is 0.0649 e. The van der Waals surface area contributed by atoms with Gasteiger partial charge in [0.15, 0.2) is 0 Å². The van der Waals surface area contributed by atoms with Gasteiger partial charge in [0.05, 0.1) is 5.33 Å². The highest BCUT2D eigenvalue weighted by atomic mass is 79.9. The number of hydrogen-bond donors (Lipinski definition) is 0. The summed E-state index contributed by atoms with van der Waals surface area (Å²) in [4.78, 5) is 0. The molecule has 0 aliphatic carbocycles. The van der Waals surface area contributed by atoms with E-state index in [1.54, 1.807) is 0 Å². The molecule has 0 unspecified atom stereocenters. The van der Waals surface area contributed by atoms with Crippen LogP contribution in [-0.2, 0) is 6.42 Å². The maximum absolute atomic E-state index is 3.28. The van der Waals surface area contributed by atoms with Gasteiger partial charge in [0, 0.05) is 5.56 Å². The molecule has 0 bridgehead atoms. The molecule has 0 radical (unpaired) electrons. The summed E-state index contributed by atoms with van der Waals surface area (Å²) in [5.41, 5.74) is 2.51. The Kier molecular flexibility index (Phi) is 5.40. The predicted octanol–water partition coefficient (Wildman–Crippen LogP) is 3.78. The van der Waals surface area contributed by atoms with E-state index in [4.69, 9.17) is 0 Å². The first-order chi connectivity index (χ1) is 6.86. The molecule has 0 atom stereocenters. The summed E-state index contributed by atoms with van der Waals surface area (Å²) in [6.45, 7) is 2.22. The van der Waals surface area contributed by atoms with Gasteiger partial charge in [-0.1, -0.05) is 53.2 Å². The van der Waals surface area contributed by atoms with Crippen molar-refractivity contribution in [1.82, 2.24) is 0 Å². The second-order valence-electron chi connectivity index (χ2n) is 3.24. The second kappa shape index (κ2) is 6.68. The van der Waals surface area contributed by atoms with Gasteiger partial charge in [-0.05, 0) is 30.5 Å². The molecule has 0 nitrogen and oxygen atoms in total. The Labute approximate surface area is 94.9 Å². The predicted molar refractivity (Wildman–Crippen MR) is 65.7 cm³/mol. The Morgan fingerprint density at radius 3 is 2.50 bits per heavy atom. The van der Waals surface area contributed by atoms with Gasteiger partial charge >= 0.3 is 0 Å². The number of aryl methyl sites for hydroxylation is 1. The van der Waals surface area contributed by atoms with Gasteiger partial charge in [0.1, 0.15) is 0 Å². The van der Waals surface area contributed by atoms with Crippen molar-refractivity contribution >= 4 is 15.9 Å². The fourth-order valence-corrected chi connectivity index (χ4v) is 1.41. The molecule has 0 spiro atoms. The van der Waals surface area contributed by atoms with Crippen LogP contribution >= 0.6 is 15.9 Å². The van der Waals surface area contributed by atoms with Crippen LogP contribution in [0.3, 0.4) is 0 Å². The van der Waals surface area contributed by atoms with Crippen molar-refractivity contribution < 1.29 is 0 Å². The Balaban J connectivity index is 2.59. The van der Waals surface area contributed by atoms with Gasteiger partial charge in [-0.25, -0.2) is 0 Å². The zero-order valence-electron chi connectivity index (χ0n) is 8.52. The molecule has 1 heteroatoms. The third kappa shape index (κ3) is 3.98. The number of hydrogen-bond acceptors (Lipinski definition) is 0. The van der Waals surface area contributed by atoms with Crippen LogP contribution in [0.4, 0.5) is 0 Å². The van der Waals surface area contributed by atoms with Crippen LogP contribution in [-0.4, -0.2) is 5.33 Å². The molecule has 0 aliphatic rings. The summed E-state index contributed by atoms with van der Waals surface area (Å²) < 4.78 is 0. The summed E-state index contributed by atoms with van der Waals surface area (Å²) in [6, 6.07) is 8.54. The standard InChI is InChI=1S/C13H15Br/c1-2-3-5-12-7-9-13(10-8-12)6-4-11-14/h7-10H,2-3,5,11H2,1H3. The van der Waals surface area contributed by atoms with Crippen LogP contribution < -0.4 is 0 Å². The SMILES string of the molecule is CCCCc1ccc(C#CCBr)cc1. The minimum atomic E-state index is 0.741. The first kappa shape index (κ1) is 11.3. The van der Waals surface area contributed by atoms with E-state index in [-0.39, 0.29) is 0 Å². The summed E-state index contributed by atoms with van der Waals surface area (Å²) in [5, 5.41) is 0.741. The minimum absolute atomic E-state index is 0.741. The number of halogens is 1. The second-order valence-corrected chi connectivity index (χ2v) is 3.80. The van der Waals surface area contributed by atoms with Gasteiger partial charge in [-0.3, -0.25) is 0 Å². The molecular weight excluding hydrogens is 236 g/mol. The summed E-state index contributed by atoms with van der Waals surface area (Å²) in [5.74, 6) is 6.07. The third-order valence-electron chi connectivity index (χ3n) is 2.07. The van der Waals surface area contributed by atoms with E-state index in [1.807, 2.05) is 0 Å². The molecule has 1 aromatic rings. The quantitative estimate of drug-likeness (QED) is 0.566. The molecule has 74 valence electrons. The molecule has 14 heavy (non-hydrogen) atoms. The van der Waals surface area contributed by atoms with Gasteiger partial charge in [0.2, 0.25) is 0 Å². The molecule has 0 saturated heterocycles. The van der Waals surface area contributed by atoms with Crippen LogP contribution in [0.1, 0.15) is 30.9 Å². The summed E-state index contributed by atoms with van der Waals surface area (Å²) >= 11 is 3.28. The van der Waals surface area contributed by atoms with Crippen molar-refractivity contribution in [3.05, 3.63) is 35.4 Å². The normalized spacial score (nSPS) is 9.29. The van der Waals surface area contributed by atoms with Gasteiger partial charge < -0.3 is 0 Å². The number of benzene rings is 1. The average molecular weight is 251 g/mol. The lowest BCUT2D eigenvalue weighted by molar-refractivity contribution is 0.795. The Morgan fingerprint density at radius 2 is 1.93 bits per heavy atom. The zero-order chi connectivity index (χ0) is 10.2. The first-order valence-electron chi connectivity index (χ1n) is 5.00. The molecule has 0 N–H and O–H groups in total. The monoisotopic (exact) mass is 250 g/mol. The molecule has 0 aliphatic heterocycles. The molecule has 1 aromatic carbocycles. The molecule has 0 fully saturated rings. The Hall–Kier alpha value is -0.740. The topological polar surface area (TPSA) is 0 Å². The van der Waals surface area contributed by atoms with Crippen LogP contribution in [0.25, 0.3) is 0 Å². The highest BCUT2D eigenvalue weighted by molar-refractivity contribution is 9.09. The van der Waals surface area contributed by atoms with Gasteiger partial charge in [0.25, 0.3) is 0 Å². The molecule has 0 heterocycles. The zero-order valence-corrected chi connectivity index (χ0v) is 10.1. The fourth-order valence-electron chi connectivity index (χ4n) is 1.27. The fraction of sp³-hybridized carbons (Fsp3) is 0.385. The van der Waals surface area contributed by atoms with Gasteiger partial charge in [-0.15, -0.1) is 0 Å². The summed E-state index contributed by atoms with van der Waals surface area (Å²) in [6.07, 6.45) is 3.71.